The van der Waals surface area contributed by atoms with Crippen LogP contribution in [-0.2, 0) is 60.5 Å². The quantitative estimate of drug-likeness (QED) is 0.0198. The van der Waals surface area contributed by atoms with Crippen LogP contribution >= 0.6 is 22.9 Å². The molecule has 5 heterocycles. The number of nitrogens with zero attached hydrogens (tertiary/aromatic N) is 10. The van der Waals surface area contributed by atoms with E-state index in [4.69, 9.17) is 64.0 Å². The van der Waals surface area contributed by atoms with Crippen LogP contribution < -0.4 is 26.2 Å². The lowest BCUT2D eigenvalue weighted by Crippen LogP contribution is -2.47. The van der Waals surface area contributed by atoms with Crippen LogP contribution in [0.15, 0.2) is 97.6 Å². The molecule has 0 spiro atoms. The highest BCUT2D eigenvalue weighted by molar-refractivity contribution is 7.17. The van der Waals surface area contributed by atoms with Gasteiger partial charge in [0.15, 0.2) is 5.13 Å². The summed E-state index contributed by atoms with van der Waals surface area (Å²) in [6.45, 7) is 17.7. The van der Waals surface area contributed by atoms with Crippen molar-refractivity contribution in [3.05, 3.63) is 130 Å². The van der Waals surface area contributed by atoms with Crippen LogP contribution in [0.5, 0.6) is 5.75 Å². The maximum absolute atomic E-state index is 13.0. The number of aromatic nitrogens is 8. The third kappa shape index (κ3) is 25.7. The molecule has 29 heteroatoms. The van der Waals surface area contributed by atoms with E-state index < -0.39 is 0 Å². The van der Waals surface area contributed by atoms with Crippen molar-refractivity contribution in [3.63, 3.8) is 0 Å². The second-order valence-corrected chi connectivity index (χ2v) is 21.8. The number of carbonyl (C=O) groups is 2. The number of phenolic OH excluding ortho intramolecular Hbond substituents is 1. The van der Waals surface area contributed by atoms with Crippen molar-refractivity contribution in [2.24, 2.45) is 0 Å². The van der Waals surface area contributed by atoms with Gasteiger partial charge in [-0.05, 0) is 61.9 Å². The highest BCUT2D eigenvalue weighted by Gasteiger charge is 2.21. The topological polar surface area (TPSA) is 296 Å². The number of nitrogens with one attached hydrogen (secondary N) is 4. The van der Waals surface area contributed by atoms with Gasteiger partial charge < -0.3 is 78.6 Å². The van der Waals surface area contributed by atoms with Crippen molar-refractivity contribution in [2.75, 3.05) is 186 Å². The van der Waals surface area contributed by atoms with Gasteiger partial charge in [0.05, 0.1) is 167 Å². The molecule has 0 radical (unpaired) electrons. The van der Waals surface area contributed by atoms with E-state index in [2.05, 4.69) is 61.3 Å². The van der Waals surface area contributed by atoms with Crippen molar-refractivity contribution in [3.8, 4) is 17.0 Å². The van der Waals surface area contributed by atoms with Crippen LogP contribution in [0.3, 0.4) is 0 Å². The molecule has 2 amide bonds. The van der Waals surface area contributed by atoms with Crippen molar-refractivity contribution in [1.29, 1.82) is 0 Å². The van der Waals surface area contributed by atoms with E-state index in [-0.39, 0.29) is 17.6 Å². The molecule has 8 rings (SSSR count). The van der Waals surface area contributed by atoms with Gasteiger partial charge in [0.25, 0.3) is 11.8 Å². The minimum absolute atomic E-state index is 0.177. The SMILES string of the molecule is Cc1nc(Nc2ncc(C(=O)Nc3c(C)cccc3Cl)s2)cc(N2CCN(CCOCc3cn(CCOCCOCCOCCOCCOCCOCCOCCOCCOCCNC(=O)c4cccc(-c5cc(Nc6ccc(O)cc6)ncn5)c4)nn3)CC2)n1. The molecule has 1 aliphatic rings. The lowest BCUT2D eigenvalue weighted by atomic mass is 10.1. The molecule has 1 aliphatic heterocycles. The highest BCUT2D eigenvalue weighted by Crippen LogP contribution is 2.29. The second kappa shape index (κ2) is 39.8. The molecule has 1 fully saturated rings. The van der Waals surface area contributed by atoms with Crippen molar-refractivity contribution in [1.82, 2.24) is 50.1 Å². The number of anilines is 6. The largest absolute Gasteiger partial charge is 0.508 e. The Kier molecular flexibility index (Phi) is 30.3. The molecule has 0 atom stereocenters. The first-order valence-electron chi connectivity index (χ1n) is 30.2. The maximum Gasteiger partial charge on any atom is 0.267 e. The van der Waals surface area contributed by atoms with Gasteiger partial charge in [-0.25, -0.2) is 29.6 Å². The third-order valence-corrected chi connectivity index (χ3v) is 14.8. The summed E-state index contributed by atoms with van der Waals surface area (Å²) >= 11 is 7.54. The number of aryl methyl sites for hydroxylation is 2. The molecular formula is C62H81ClN14O13S. The molecule has 4 aromatic heterocycles. The minimum atomic E-state index is -0.284. The van der Waals surface area contributed by atoms with E-state index in [1.807, 2.05) is 44.3 Å². The van der Waals surface area contributed by atoms with E-state index in [0.29, 0.717) is 195 Å². The first-order chi connectivity index (χ1) is 44.6. The zero-order valence-electron chi connectivity index (χ0n) is 51.4. The van der Waals surface area contributed by atoms with Crippen LogP contribution in [0.2, 0.25) is 5.02 Å². The van der Waals surface area contributed by atoms with E-state index >= 15 is 0 Å². The molecule has 7 aromatic rings. The Bertz CT molecular complexity index is 3230. The minimum Gasteiger partial charge on any atom is -0.508 e. The van der Waals surface area contributed by atoms with Crippen molar-refractivity contribution >= 4 is 68.7 Å². The van der Waals surface area contributed by atoms with E-state index in [9.17, 15) is 14.7 Å². The molecule has 3 aromatic carbocycles. The fourth-order valence-corrected chi connectivity index (χ4v) is 9.82. The molecule has 91 heavy (non-hydrogen) atoms. The first kappa shape index (κ1) is 69.5. The van der Waals surface area contributed by atoms with Crippen LogP contribution in [0.25, 0.3) is 11.3 Å². The number of benzene rings is 3. The highest BCUT2D eigenvalue weighted by atomic mass is 35.5. The summed E-state index contributed by atoms with van der Waals surface area (Å²) in [5, 5.41) is 31.2. The fourth-order valence-electron chi connectivity index (χ4n) is 8.83. The Labute approximate surface area is 538 Å². The molecule has 5 N–H and O–H groups in total. The predicted octanol–water partition coefficient (Wildman–Crippen LogP) is 6.62. The van der Waals surface area contributed by atoms with Gasteiger partial charge in [-0.2, -0.15) is 0 Å². The van der Waals surface area contributed by atoms with Crippen LogP contribution in [0.4, 0.5) is 34.0 Å². The van der Waals surface area contributed by atoms with Crippen molar-refractivity contribution in [2.45, 2.75) is 27.0 Å². The number of ether oxygens (including phenoxy) is 10. The van der Waals surface area contributed by atoms with Gasteiger partial charge in [-0.15, -0.1) is 5.10 Å². The zero-order chi connectivity index (χ0) is 63.5. The van der Waals surface area contributed by atoms with Gasteiger partial charge in [0.2, 0.25) is 0 Å². The third-order valence-electron chi connectivity index (χ3n) is 13.5. The maximum atomic E-state index is 13.0. The van der Waals surface area contributed by atoms with Crippen LogP contribution in [0, 0.1) is 13.8 Å². The number of hydrogen-bond acceptors (Lipinski definition) is 25. The fraction of sp³-hybridized carbons (Fsp3) is 0.468. The first-order valence-corrected chi connectivity index (χ1v) is 31.4. The number of aromatic hydroxyl groups is 1. The number of piperazine rings is 1. The van der Waals surface area contributed by atoms with Crippen LogP contribution in [-0.4, -0.2) is 227 Å². The van der Waals surface area contributed by atoms with Gasteiger partial charge in [-0.3, -0.25) is 14.5 Å². The van der Waals surface area contributed by atoms with E-state index in [1.54, 1.807) is 59.3 Å². The lowest BCUT2D eigenvalue weighted by molar-refractivity contribution is -0.0250. The molecule has 490 valence electrons. The van der Waals surface area contributed by atoms with Crippen molar-refractivity contribution < 1.29 is 62.1 Å². The molecule has 1 saturated heterocycles. The number of thiazole rings is 1. The molecular weight excluding hydrogens is 1220 g/mol. The Morgan fingerprint density at radius 3 is 1.88 bits per heavy atom. The van der Waals surface area contributed by atoms with Gasteiger partial charge >= 0.3 is 0 Å². The Hall–Kier alpha value is -7.42. The summed E-state index contributed by atoms with van der Waals surface area (Å²) in [4.78, 5) is 53.1. The van der Waals surface area contributed by atoms with E-state index in [1.165, 1.54) is 23.9 Å². The summed E-state index contributed by atoms with van der Waals surface area (Å²) < 4.78 is 58.0. The van der Waals surface area contributed by atoms with Gasteiger partial charge in [-0.1, -0.05) is 52.4 Å². The number of amides is 2. The molecule has 0 bridgehead atoms. The molecule has 0 aliphatic carbocycles. The normalized spacial score (nSPS) is 12.6. The van der Waals surface area contributed by atoms with Gasteiger partial charge in [0.1, 0.15) is 45.9 Å². The molecule has 27 nitrogen and oxygen atoms in total. The standard InChI is InChI=1S/C62H81ClN14O13S/c1-46-5-3-8-53(63)59(46)72-61(80)55-42-65-62(91-55)71-57-41-58(69-47(2)68-57)76-16-14-75(15-17-76)18-21-90-44-51-43-77(74-73-51)19-22-82-24-26-84-28-30-86-32-34-88-36-38-89-37-35-87-33-31-85-29-27-83-25-23-81-20-13-64-60(79)49-7-4-6-48(39-49)54-40-56(67-45-66-54)70-50-9-11-52(78)12-10-50/h3-12,39-43,45,78H,13-38,44H2,1-2H3,(H,64,79)(H,72,80)(H,66,67,70)(H,65,68,69,71). The smallest absolute Gasteiger partial charge is 0.267 e. The van der Waals surface area contributed by atoms with E-state index in [0.717, 1.165) is 61.0 Å². The number of hydrogen-bond donors (Lipinski definition) is 5. The van der Waals surface area contributed by atoms with Crippen LogP contribution in [0.1, 0.15) is 37.1 Å². The summed E-state index contributed by atoms with van der Waals surface area (Å²) in [5.74, 6) is 2.32. The van der Waals surface area contributed by atoms with Gasteiger partial charge in [0, 0.05) is 68.2 Å². The number of carbonyl (C=O) groups excluding carboxylic acids is 2. The second-order valence-electron chi connectivity index (χ2n) is 20.4. The summed E-state index contributed by atoms with van der Waals surface area (Å²) in [6, 6.07) is 23.0. The zero-order valence-corrected chi connectivity index (χ0v) is 53.0. The summed E-state index contributed by atoms with van der Waals surface area (Å²) in [7, 11) is 0. The molecule has 0 saturated carbocycles. The molecule has 0 unspecified atom stereocenters. The number of phenols is 1. The average Bonchev–Trinajstić information content (AvgIpc) is 4.46. The Balaban J connectivity index is 0.522. The number of rotatable bonds is 44. The Morgan fingerprint density at radius 2 is 1.23 bits per heavy atom. The number of para-hydroxylation sites is 1. The average molecular weight is 1300 g/mol. The predicted molar refractivity (Wildman–Crippen MR) is 343 cm³/mol. The lowest BCUT2D eigenvalue weighted by Gasteiger charge is -2.35. The summed E-state index contributed by atoms with van der Waals surface area (Å²) in [6.07, 6.45) is 4.86. The monoisotopic (exact) mass is 1300 g/mol. The summed E-state index contributed by atoms with van der Waals surface area (Å²) in [5.41, 5.74) is 4.92. The Morgan fingerprint density at radius 1 is 0.615 bits per heavy atom. The number of halogens is 1.